The van der Waals surface area contributed by atoms with Crippen molar-refractivity contribution in [2.45, 2.75) is 64.8 Å². The predicted molar refractivity (Wildman–Crippen MR) is 90.5 cm³/mol. The Balaban J connectivity index is 1.65. The molecule has 2 atom stereocenters. The van der Waals surface area contributed by atoms with E-state index in [4.69, 9.17) is 9.97 Å². The van der Waals surface area contributed by atoms with Gasteiger partial charge in [0.2, 0.25) is 0 Å². The fourth-order valence-electron chi connectivity index (χ4n) is 3.46. The van der Waals surface area contributed by atoms with Crippen molar-refractivity contribution >= 4 is 11.6 Å². The number of nitrogens with one attached hydrogen (secondary N) is 1. The first-order chi connectivity index (χ1) is 10.6. The van der Waals surface area contributed by atoms with Gasteiger partial charge in [0.05, 0.1) is 0 Å². The van der Waals surface area contributed by atoms with Crippen molar-refractivity contribution in [3.63, 3.8) is 0 Å². The molecule has 1 aromatic rings. The Labute approximate surface area is 133 Å². The molecule has 2 heterocycles. The van der Waals surface area contributed by atoms with Gasteiger partial charge < -0.3 is 10.2 Å². The minimum atomic E-state index is 0.586. The summed E-state index contributed by atoms with van der Waals surface area (Å²) in [6.07, 6.45) is 6.39. The number of hydrogen-bond acceptors (Lipinski definition) is 4. The first kappa shape index (κ1) is 14.3. The van der Waals surface area contributed by atoms with Crippen molar-refractivity contribution in [2.75, 3.05) is 23.3 Å². The number of hydrogen-bond donors (Lipinski definition) is 1. The van der Waals surface area contributed by atoms with Crippen LogP contribution >= 0.6 is 0 Å². The Hall–Kier alpha value is -1.32. The highest BCUT2D eigenvalue weighted by atomic mass is 15.2. The van der Waals surface area contributed by atoms with E-state index in [0.29, 0.717) is 12.0 Å². The highest BCUT2D eigenvalue weighted by Gasteiger charge is 2.38. The van der Waals surface area contributed by atoms with Gasteiger partial charge in [-0.3, -0.25) is 0 Å². The molecule has 1 aromatic heterocycles. The summed E-state index contributed by atoms with van der Waals surface area (Å²) in [7, 11) is 0. The first-order valence-corrected chi connectivity index (χ1v) is 9.02. The second-order valence-corrected chi connectivity index (χ2v) is 7.79. The molecule has 120 valence electrons. The maximum atomic E-state index is 5.00. The molecule has 3 aliphatic rings. The Morgan fingerprint density at radius 2 is 1.73 bits per heavy atom. The molecule has 0 aromatic carbocycles. The van der Waals surface area contributed by atoms with Crippen molar-refractivity contribution in [1.82, 2.24) is 9.97 Å². The predicted octanol–water partition coefficient (Wildman–Crippen LogP) is 3.72. The van der Waals surface area contributed by atoms with Gasteiger partial charge in [0.25, 0.3) is 0 Å². The number of aromatic nitrogens is 2. The SMILES string of the molecule is Cc1c(NC2CC2)nc(C2CC2C)nc1N1CCC(C)CC1. The molecule has 0 spiro atoms. The molecule has 2 saturated carbocycles. The van der Waals surface area contributed by atoms with Crippen LogP contribution in [0.2, 0.25) is 0 Å². The van der Waals surface area contributed by atoms with E-state index in [-0.39, 0.29) is 0 Å². The van der Waals surface area contributed by atoms with Crippen molar-refractivity contribution in [2.24, 2.45) is 11.8 Å². The zero-order chi connectivity index (χ0) is 15.3. The van der Waals surface area contributed by atoms with Gasteiger partial charge in [0.1, 0.15) is 17.5 Å². The average molecular weight is 300 g/mol. The van der Waals surface area contributed by atoms with Crippen LogP contribution in [0.3, 0.4) is 0 Å². The number of rotatable bonds is 4. The third-order valence-corrected chi connectivity index (χ3v) is 5.58. The summed E-state index contributed by atoms with van der Waals surface area (Å²) in [6, 6.07) is 0.646. The molecule has 4 heteroatoms. The number of piperidine rings is 1. The summed E-state index contributed by atoms with van der Waals surface area (Å²) in [5, 5.41) is 3.63. The van der Waals surface area contributed by atoms with Crippen molar-refractivity contribution < 1.29 is 0 Å². The van der Waals surface area contributed by atoms with Crippen LogP contribution in [0.15, 0.2) is 0 Å². The smallest absolute Gasteiger partial charge is 0.137 e. The fraction of sp³-hybridized carbons (Fsp3) is 0.778. The number of anilines is 2. The zero-order valence-corrected chi connectivity index (χ0v) is 14.1. The van der Waals surface area contributed by atoms with Crippen molar-refractivity contribution in [3.05, 3.63) is 11.4 Å². The zero-order valence-electron chi connectivity index (χ0n) is 14.1. The van der Waals surface area contributed by atoms with Gasteiger partial charge in [-0.15, -0.1) is 0 Å². The Bertz CT molecular complexity index is 558. The molecule has 1 N–H and O–H groups in total. The molecular weight excluding hydrogens is 272 g/mol. The topological polar surface area (TPSA) is 41.1 Å². The van der Waals surface area contributed by atoms with Crippen LogP contribution in [-0.2, 0) is 0 Å². The highest BCUT2D eigenvalue weighted by molar-refractivity contribution is 5.60. The second kappa shape index (κ2) is 5.39. The van der Waals surface area contributed by atoms with Crippen molar-refractivity contribution in [3.8, 4) is 0 Å². The van der Waals surface area contributed by atoms with Gasteiger partial charge in [0, 0.05) is 30.6 Å². The van der Waals surface area contributed by atoms with Crippen molar-refractivity contribution in [1.29, 1.82) is 0 Å². The number of nitrogens with zero attached hydrogens (tertiary/aromatic N) is 3. The van der Waals surface area contributed by atoms with Gasteiger partial charge in [-0.25, -0.2) is 9.97 Å². The van der Waals surface area contributed by atoms with E-state index < -0.39 is 0 Å². The van der Waals surface area contributed by atoms with Crippen LogP contribution in [-0.4, -0.2) is 29.1 Å². The van der Waals surface area contributed by atoms with Crippen LogP contribution in [0.4, 0.5) is 11.6 Å². The van der Waals surface area contributed by atoms with E-state index >= 15 is 0 Å². The highest BCUT2D eigenvalue weighted by Crippen LogP contribution is 2.46. The largest absolute Gasteiger partial charge is 0.367 e. The van der Waals surface area contributed by atoms with Crippen LogP contribution in [0.5, 0.6) is 0 Å². The summed E-state index contributed by atoms with van der Waals surface area (Å²) in [6.45, 7) is 9.15. The Kier molecular flexibility index (Phi) is 3.50. The lowest BCUT2D eigenvalue weighted by Gasteiger charge is -2.32. The lowest BCUT2D eigenvalue weighted by Crippen LogP contribution is -2.34. The standard InChI is InChI=1S/C18H28N4/c1-11-6-8-22(9-7-11)18-13(3)16(19-14-4-5-14)20-17(21-18)15-10-12(15)2/h11-12,14-15H,4-10H2,1-3H3,(H,19,20,21). The minimum Gasteiger partial charge on any atom is -0.367 e. The van der Waals surface area contributed by atoms with Gasteiger partial charge >= 0.3 is 0 Å². The maximum Gasteiger partial charge on any atom is 0.137 e. The van der Waals surface area contributed by atoms with E-state index in [1.807, 2.05) is 0 Å². The summed E-state index contributed by atoms with van der Waals surface area (Å²) >= 11 is 0. The average Bonchev–Trinajstić information content (AvgIpc) is 3.41. The molecule has 3 fully saturated rings. The van der Waals surface area contributed by atoms with E-state index in [1.54, 1.807) is 0 Å². The molecule has 1 saturated heterocycles. The first-order valence-electron chi connectivity index (χ1n) is 9.02. The van der Waals surface area contributed by atoms with E-state index in [1.165, 1.54) is 43.5 Å². The molecular formula is C18H28N4. The Morgan fingerprint density at radius 1 is 1.05 bits per heavy atom. The van der Waals surface area contributed by atoms with Crippen LogP contribution in [0, 0.1) is 18.8 Å². The Morgan fingerprint density at radius 3 is 2.32 bits per heavy atom. The molecule has 0 radical (unpaired) electrons. The molecule has 22 heavy (non-hydrogen) atoms. The van der Waals surface area contributed by atoms with E-state index in [0.717, 1.165) is 36.6 Å². The maximum absolute atomic E-state index is 5.00. The fourth-order valence-corrected chi connectivity index (χ4v) is 3.46. The molecule has 4 nitrogen and oxygen atoms in total. The second-order valence-electron chi connectivity index (χ2n) is 7.79. The molecule has 1 aliphatic heterocycles. The summed E-state index contributed by atoms with van der Waals surface area (Å²) < 4.78 is 0. The molecule has 4 rings (SSSR count). The lowest BCUT2D eigenvalue weighted by molar-refractivity contribution is 0.436. The summed E-state index contributed by atoms with van der Waals surface area (Å²) in [5.41, 5.74) is 1.25. The normalized spacial score (nSPS) is 28.8. The summed E-state index contributed by atoms with van der Waals surface area (Å²) in [4.78, 5) is 12.4. The minimum absolute atomic E-state index is 0.586. The van der Waals surface area contributed by atoms with Crippen LogP contribution in [0.1, 0.15) is 63.3 Å². The van der Waals surface area contributed by atoms with E-state index in [2.05, 4.69) is 31.0 Å². The third kappa shape index (κ3) is 2.80. The molecule has 0 bridgehead atoms. The van der Waals surface area contributed by atoms with Gasteiger partial charge in [0.15, 0.2) is 0 Å². The van der Waals surface area contributed by atoms with E-state index in [9.17, 15) is 0 Å². The van der Waals surface area contributed by atoms with Gasteiger partial charge in [-0.2, -0.15) is 0 Å². The van der Waals surface area contributed by atoms with Crippen LogP contribution in [0.25, 0.3) is 0 Å². The molecule has 2 unspecified atom stereocenters. The van der Waals surface area contributed by atoms with Gasteiger partial charge in [-0.1, -0.05) is 13.8 Å². The van der Waals surface area contributed by atoms with Crippen LogP contribution < -0.4 is 10.2 Å². The summed E-state index contributed by atoms with van der Waals surface area (Å²) in [5.74, 6) is 5.56. The molecule has 0 amide bonds. The molecule has 2 aliphatic carbocycles. The monoisotopic (exact) mass is 300 g/mol. The lowest BCUT2D eigenvalue weighted by atomic mass is 9.99. The third-order valence-electron chi connectivity index (χ3n) is 5.58. The van der Waals surface area contributed by atoms with Gasteiger partial charge in [-0.05, 0) is 50.9 Å². The quantitative estimate of drug-likeness (QED) is 0.920.